The molecule has 0 aliphatic carbocycles. The van der Waals surface area contributed by atoms with E-state index in [4.69, 9.17) is 4.42 Å². The van der Waals surface area contributed by atoms with Crippen LogP contribution in [0.4, 0.5) is 0 Å². The Kier molecular flexibility index (Phi) is 3.23. The van der Waals surface area contributed by atoms with E-state index in [-0.39, 0.29) is 5.78 Å². The molecule has 0 aromatic carbocycles. The van der Waals surface area contributed by atoms with Gasteiger partial charge in [0.15, 0.2) is 5.78 Å². The lowest BCUT2D eigenvalue weighted by molar-refractivity contribution is 0.104. The van der Waals surface area contributed by atoms with Crippen LogP contribution in [0.25, 0.3) is 6.08 Å². The molecular formula is C13H14N2O2. The Bertz CT molecular complexity index is 549. The van der Waals surface area contributed by atoms with Gasteiger partial charge in [-0.3, -0.25) is 9.48 Å². The number of carbonyl (C=O) groups is 1. The van der Waals surface area contributed by atoms with Gasteiger partial charge < -0.3 is 4.42 Å². The first-order valence-corrected chi connectivity index (χ1v) is 5.50. The maximum Gasteiger partial charge on any atom is 0.189 e. The molecule has 2 heterocycles. The van der Waals surface area contributed by atoms with Crippen molar-refractivity contribution in [1.82, 2.24) is 9.78 Å². The zero-order valence-corrected chi connectivity index (χ0v) is 9.88. The van der Waals surface area contributed by atoms with E-state index >= 15 is 0 Å². The van der Waals surface area contributed by atoms with Crippen molar-refractivity contribution in [2.24, 2.45) is 0 Å². The van der Waals surface area contributed by atoms with Crippen LogP contribution in [0.2, 0.25) is 0 Å². The molecule has 0 radical (unpaired) electrons. The van der Waals surface area contributed by atoms with Gasteiger partial charge in [0, 0.05) is 12.7 Å². The first kappa shape index (κ1) is 11.4. The second kappa shape index (κ2) is 4.82. The topological polar surface area (TPSA) is 48.0 Å². The second-order valence-electron chi connectivity index (χ2n) is 3.73. The molecule has 2 aromatic rings. The summed E-state index contributed by atoms with van der Waals surface area (Å²) in [6.07, 6.45) is 6.47. The SMILES string of the molecule is CCn1cc(C(=O)/C=C/c2ccc(C)o2)cn1. The van der Waals surface area contributed by atoms with Crippen LogP contribution in [0, 0.1) is 6.92 Å². The summed E-state index contributed by atoms with van der Waals surface area (Å²) in [7, 11) is 0. The maximum absolute atomic E-state index is 11.8. The summed E-state index contributed by atoms with van der Waals surface area (Å²) in [5.74, 6) is 1.44. The molecule has 0 unspecified atom stereocenters. The summed E-state index contributed by atoms with van der Waals surface area (Å²) < 4.78 is 7.06. The van der Waals surface area contributed by atoms with Crippen LogP contribution in [0.15, 0.2) is 35.0 Å². The Labute approximate surface area is 99.6 Å². The van der Waals surface area contributed by atoms with Gasteiger partial charge in [-0.05, 0) is 38.1 Å². The van der Waals surface area contributed by atoms with Gasteiger partial charge in [0.1, 0.15) is 11.5 Å². The van der Waals surface area contributed by atoms with Crippen molar-refractivity contribution < 1.29 is 9.21 Å². The minimum atomic E-state index is -0.0706. The van der Waals surface area contributed by atoms with Crippen molar-refractivity contribution in [1.29, 1.82) is 0 Å². The Morgan fingerprint density at radius 1 is 1.53 bits per heavy atom. The Morgan fingerprint density at radius 2 is 2.35 bits per heavy atom. The monoisotopic (exact) mass is 230 g/mol. The first-order chi connectivity index (χ1) is 8.19. The van der Waals surface area contributed by atoms with Gasteiger partial charge in [-0.25, -0.2) is 0 Å². The lowest BCUT2D eigenvalue weighted by Gasteiger charge is -1.90. The molecule has 0 aliphatic rings. The van der Waals surface area contributed by atoms with Gasteiger partial charge in [0.2, 0.25) is 0 Å². The molecule has 0 atom stereocenters. The summed E-state index contributed by atoms with van der Waals surface area (Å²) >= 11 is 0. The summed E-state index contributed by atoms with van der Waals surface area (Å²) in [4.78, 5) is 11.8. The molecule has 0 N–H and O–H groups in total. The van der Waals surface area contributed by atoms with Gasteiger partial charge in [-0.2, -0.15) is 5.10 Å². The highest BCUT2D eigenvalue weighted by molar-refractivity contribution is 6.06. The quantitative estimate of drug-likeness (QED) is 0.599. The van der Waals surface area contributed by atoms with Crippen molar-refractivity contribution in [3.05, 3.63) is 47.7 Å². The molecule has 4 heteroatoms. The van der Waals surface area contributed by atoms with E-state index < -0.39 is 0 Å². The number of furan rings is 1. The number of carbonyl (C=O) groups excluding carboxylic acids is 1. The smallest absolute Gasteiger partial charge is 0.189 e. The predicted octanol–water partition coefficient (Wildman–Crippen LogP) is 2.70. The van der Waals surface area contributed by atoms with E-state index in [1.807, 2.05) is 26.0 Å². The summed E-state index contributed by atoms with van der Waals surface area (Å²) in [5, 5.41) is 4.05. The molecule has 17 heavy (non-hydrogen) atoms. The Balaban J connectivity index is 2.08. The number of ketones is 1. The van der Waals surface area contributed by atoms with Gasteiger partial charge in [-0.15, -0.1) is 0 Å². The van der Waals surface area contributed by atoms with Crippen LogP contribution >= 0.6 is 0 Å². The van der Waals surface area contributed by atoms with Crippen molar-refractivity contribution in [2.45, 2.75) is 20.4 Å². The molecule has 4 nitrogen and oxygen atoms in total. The third-order valence-electron chi connectivity index (χ3n) is 2.40. The van der Waals surface area contributed by atoms with Crippen LogP contribution in [-0.4, -0.2) is 15.6 Å². The molecule has 0 saturated heterocycles. The number of aryl methyl sites for hydroxylation is 2. The number of allylic oxidation sites excluding steroid dienone is 1. The molecule has 0 saturated carbocycles. The fraction of sp³-hybridized carbons (Fsp3) is 0.231. The van der Waals surface area contributed by atoms with Gasteiger partial charge >= 0.3 is 0 Å². The van der Waals surface area contributed by atoms with Gasteiger partial charge in [0.05, 0.1) is 11.8 Å². The molecule has 2 aromatic heterocycles. The highest BCUT2D eigenvalue weighted by Crippen LogP contribution is 2.09. The predicted molar refractivity (Wildman–Crippen MR) is 64.7 cm³/mol. The number of nitrogens with zero attached hydrogens (tertiary/aromatic N) is 2. The number of hydrogen-bond donors (Lipinski definition) is 0. The Hall–Kier alpha value is -2.10. The molecule has 2 rings (SSSR count). The minimum Gasteiger partial charge on any atom is -0.462 e. The van der Waals surface area contributed by atoms with Crippen molar-refractivity contribution in [2.75, 3.05) is 0 Å². The molecule has 0 fully saturated rings. The molecule has 0 bridgehead atoms. The number of hydrogen-bond acceptors (Lipinski definition) is 3. The molecule has 88 valence electrons. The van der Waals surface area contributed by atoms with E-state index in [0.717, 1.165) is 12.3 Å². The van der Waals surface area contributed by atoms with Crippen LogP contribution in [0.5, 0.6) is 0 Å². The van der Waals surface area contributed by atoms with E-state index in [2.05, 4.69) is 5.10 Å². The first-order valence-electron chi connectivity index (χ1n) is 5.50. The third kappa shape index (κ3) is 2.72. The fourth-order valence-corrected chi connectivity index (χ4v) is 1.46. The zero-order valence-electron chi connectivity index (χ0n) is 9.88. The third-order valence-corrected chi connectivity index (χ3v) is 2.40. The minimum absolute atomic E-state index is 0.0706. The normalized spacial score (nSPS) is 11.2. The molecule has 0 spiro atoms. The largest absolute Gasteiger partial charge is 0.462 e. The average Bonchev–Trinajstić information content (AvgIpc) is 2.94. The van der Waals surface area contributed by atoms with Crippen LogP contribution in [0.3, 0.4) is 0 Å². The zero-order chi connectivity index (χ0) is 12.3. The van der Waals surface area contributed by atoms with Crippen molar-refractivity contribution in [3.63, 3.8) is 0 Å². The van der Waals surface area contributed by atoms with E-state index in [9.17, 15) is 4.79 Å². The standard InChI is InChI=1S/C13H14N2O2/c1-3-15-9-11(8-14-15)13(16)7-6-12-5-4-10(2)17-12/h4-9H,3H2,1-2H3/b7-6+. The number of rotatable bonds is 4. The van der Waals surface area contributed by atoms with Crippen LogP contribution < -0.4 is 0 Å². The summed E-state index contributed by atoms with van der Waals surface area (Å²) in [6.45, 7) is 4.60. The van der Waals surface area contributed by atoms with Crippen molar-refractivity contribution in [3.8, 4) is 0 Å². The molecule has 0 amide bonds. The van der Waals surface area contributed by atoms with Crippen LogP contribution in [0.1, 0.15) is 28.8 Å². The second-order valence-corrected chi connectivity index (χ2v) is 3.73. The van der Waals surface area contributed by atoms with E-state index in [0.29, 0.717) is 11.3 Å². The number of aromatic nitrogens is 2. The van der Waals surface area contributed by atoms with Crippen molar-refractivity contribution >= 4 is 11.9 Å². The highest BCUT2D eigenvalue weighted by Gasteiger charge is 2.04. The van der Waals surface area contributed by atoms with Gasteiger partial charge in [-0.1, -0.05) is 0 Å². The van der Waals surface area contributed by atoms with Crippen LogP contribution in [-0.2, 0) is 6.54 Å². The van der Waals surface area contributed by atoms with Gasteiger partial charge in [0.25, 0.3) is 0 Å². The summed E-state index contributed by atoms with van der Waals surface area (Å²) in [5.41, 5.74) is 0.589. The lowest BCUT2D eigenvalue weighted by atomic mass is 10.2. The summed E-state index contributed by atoms with van der Waals surface area (Å²) in [6, 6.07) is 3.69. The fourth-order valence-electron chi connectivity index (χ4n) is 1.46. The molecular weight excluding hydrogens is 216 g/mol. The maximum atomic E-state index is 11.8. The molecule has 0 aliphatic heterocycles. The Morgan fingerprint density at radius 3 is 2.94 bits per heavy atom. The van der Waals surface area contributed by atoms with E-state index in [1.165, 1.54) is 6.08 Å². The average molecular weight is 230 g/mol. The lowest BCUT2D eigenvalue weighted by Crippen LogP contribution is -1.94. The van der Waals surface area contributed by atoms with E-state index in [1.54, 1.807) is 23.2 Å². The highest BCUT2D eigenvalue weighted by atomic mass is 16.3.